The highest BCUT2D eigenvalue weighted by atomic mass is 79.9. The Morgan fingerprint density at radius 3 is 3.00 bits per heavy atom. The molecule has 0 saturated heterocycles. The lowest BCUT2D eigenvalue weighted by Gasteiger charge is -2.19. The van der Waals surface area contributed by atoms with Crippen molar-refractivity contribution in [1.82, 2.24) is 4.57 Å². The van der Waals surface area contributed by atoms with Crippen LogP contribution in [0.5, 0.6) is 0 Å². The summed E-state index contributed by atoms with van der Waals surface area (Å²) < 4.78 is 3.52. The van der Waals surface area contributed by atoms with E-state index in [-0.39, 0.29) is 6.54 Å². The van der Waals surface area contributed by atoms with Gasteiger partial charge in [-0.25, -0.2) is 0 Å². The molecular formula is C14H17BrN2O. The summed E-state index contributed by atoms with van der Waals surface area (Å²) in [5.41, 5.74) is 10.4. The number of aliphatic hydroxyl groups excluding tert-OH is 1. The van der Waals surface area contributed by atoms with Gasteiger partial charge >= 0.3 is 0 Å². The standard InChI is InChI=1S/C14H17BrN2O/c1-8-13(15)11-6-10(12(18)7-16)5-9-3-2-4-17(8)14(9)11/h5-6,12,18H,2-4,7,16H2,1H3. The molecule has 2 aromatic rings. The maximum Gasteiger partial charge on any atom is 0.0912 e. The van der Waals surface area contributed by atoms with Gasteiger partial charge in [-0.15, -0.1) is 0 Å². The highest BCUT2D eigenvalue weighted by Crippen LogP contribution is 2.37. The van der Waals surface area contributed by atoms with E-state index in [1.807, 2.05) is 0 Å². The van der Waals surface area contributed by atoms with Crippen molar-refractivity contribution in [1.29, 1.82) is 0 Å². The summed E-state index contributed by atoms with van der Waals surface area (Å²) in [6.45, 7) is 3.49. The molecule has 18 heavy (non-hydrogen) atoms. The first kappa shape index (κ1) is 12.2. The van der Waals surface area contributed by atoms with Gasteiger partial charge in [-0.2, -0.15) is 0 Å². The number of halogens is 1. The first-order valence-corrected chi connectivity index (χ1v) is 7.12. The van der Waals surface area contributed by atoms with Gasteiger partial charge in [0, 0.05) is 28.6 Å². The molecule has 0 saturated carbocycles. The van der Waals surface area contributed by atoms with Crippen molar-refractivity contribution in [2.24, 2.45) is 5.73 Å². The van der Waals surface area contributed by atoms with Crippen LogP contribution in [0.25, 0.3) is 10.9 Å². The Bertz CT molecular complexity index is 618. The van der Waals surface area contributed by atoms with E-state index in [0.29, 0.717) is 0 Å². The Kier molecular flexibility index (Phi) is 2.96. The minimum Gasteiger partial charge on any atom is -0.387 e. The summed E-state index contributed by atoms with van der Waals surface area (Å²) in [4.78, 5) is 0. The van der Waals surface area contributed by atoms with E-state index in [2.05, 4.69) is 39.6 Å². The summed E-state index contributed by atoms with van der Waals surface area (Å²) in [5.74, 6) is 0. The molecule has 1 aromatic heterocycles. The molecule has 96 valence electrons. The summed E-state index contributed by atoms with van der Waals surface area (Å²) >= 11 is 3.68. The van der Waals surface area contributed by atoms with Gasteiger partial charge in [-0.3, -0.25) is 0 Å². The van der Waals surface area contributed by atoms with E-state index in [1.165, 1.54) is 22.2 Å². The van der Waals surface area contributed by atoms with Crippen LogP contribution in [0, 0.1) is 6.92 Å². The van der Waals surface area contributed by atoms with E-state index in [1.54, 1.807) is 0 Å². The predicted octanol–water partition coefficient (Wildman–Crippen LogP) is 2.65. The van der Waals surface area contributed by atoms with Gasteiger partial charge in [0.2, 0.25) is 0 Å². The Hall–Kier alpha value is -0.840. The number of aliphatic hydroxyl groups is 1. The van der Waals surface area contributed by atoms with Crippen molar-refractivity contribution in [3.8, 4) is 0 Å². The van der Waals surface area contributed by atoms with E-state index >= 15 is 0 Å². The number of nitrogens with two attached hydrogens (primary N) is 1. The van der Waals surface area contributed by atoms with Crippen LogP contribution in [0.3, 0.4) is 0 Å². The fraction of sp³-hybridized carbons (Fsp3) is 0.429. The van der Waals surface area contributed by atoms with E-state index in [0.717, 1.165) is 29.4 Å². The molecule has 1 aliphatic rings. The molecule has 3 nitrogen and oxygen atoms in total. The van der Waals surface area contributed by atoms with Crippen LogP contribution in [0.4, 0.5) is 0 Å². The summed E-state index contributed by atoms with van der Waals surface area (Å²) in [7, 11) is 0. The maximum absolute atomic E-state index is 9.95. The van der Waals surface area contributed by atoms with Gasteiger partial charge in [0.25, 0.3) is 0 Å². The van der Waals surface area contributed by atoms with Crippen LogP contribution in [0.15, 0.2) is 16.6 Å². The third-order valence-corrected chi connectivity index (χ3v) is 4.88. The zero-order valence-electron chi connectivity index (χ0n) is 10.4. The molecule has 1 aliphatic heterocycles. The fourth-order valence-electron chi connectivity index (χ4n) is 2.91. The molecule has 0 fully saturated rings. The molecule has 0 amide bonds. The molecular weight excluding hydrogens is 292 g/mol. The lowest BCUT2D eigenvalue weighted by atomic mass is 9.98. The molecule has 3 N–H and O–H groups in total. The second kappa shape index (κ2) is 4.37. The lowest BCUT2D eigenvalue weighted by molar-refractivity contribution is 0.187. The number of aryl methyl sites for hydroxylation is 2. The van der Waals surface area contributed by atoms with E-state index in [9.17, 15) is 5.11 Å². The largest absolute Gasteiger partial charge is 0.387 e. The number of nitrogens with zero attached hydrogens (tertiary/aromatic N) is 1. The molecule has 2 heterocycles. The second-order valence-electron chi connectivity index (χ2n) is 4.98. The average molecular weight is 309 g/mol. The molecule has 0 aliphatic carbocycles. The normalized spacial score (nSPS) is 16.2. The van der Waals surface area contributed by atoms with Crippen molar-refractivity contribution < 1.29 is 5.11 Å². The molecule has 3 rings (SSSR count). The van der Waals surface area contributed by atoms with Crippen LogP contribution in [-0.2, 0) is 13.0 Å². The minimum absolute atomic E-state index is 0.266. The Labute approximate surface area is 115 Å². The maximum atomic E-state index is 9.95. The van der Waals surface area contributed by atoms with Gasteiger partial charge in [-0.05, 0) is 52.9 Å². The van der Waals surface area contributed by atoms with Crippen LogP contribution in [0.2, 0.25) is 0 Å². The molecule has 0 spiro atoms. The Morgan fingerprint density at radius 1 is 1.50 bits per heavy atom. The van der Waals surface area contributed by atoms with Gasteiger partial charge in [0.05, 0.1) is 11.6 Å². The van der Waals surface area contributed by atoms with Crippen molar-refractivity contribution in [2.75, 3.05) is 6.54 Å². The van der Waals surface area contributed by atoms with Gasteiger partial charge in [-0.1, -0.05) is 6.07 Å². The first-order valence-electron chi connectivity index (χ1n) is 6.32. The number of aromatic nitrogens is 1. The smallest absolute Gasteiger partial charge is 0.0912 e. The highest BCUT2D eigenvalue weighted by Gasteiger charge is 2.20. The minimum atomic E-state index is -0.567. The Balaban J connectivity index is 2.33. The monoisotopic (exact) mass is 308 g/mol. The van der Waals surface area contributed by atoms with Gasteiger partial charge in [0.15, 0.2) is 0 Å². The molecule has 1 unspecified atom stereocenters. The van der Waals surface area contributed by atoms with E-state index in [4.69, 9.17) is 5.73 Å². The third-order valence-electron chi connectivity index (χ3n) is 3.88. The lowest BCUT2D eigenvalue weighted by Crippen LogP contribution is -2.13. The topological polar surface area (TPSA) is 51.2 Å². The summed E-state index contributed by atoms with van der Waals surface area (Å²) in [6, 6.07) is 4.18. The van der Waals surface area contributed by atoms with Crippen molar-refractivity contribution in [2.45, 2.75) is 32.4 Å². The molecule has 0 bridgehead atoms. The van der Waals surface area contributed by atoms with Crippen molar-refractivity contribution >= 4 is 26.8 Å². The quantitative estimate of drug-likeness (QED) is 0.896. The van der Waals surface area contributed by atoms with Crippen LogP contribution < -0.4 is 5.73 Å². The zero-order valence-corrected chi connectivity index (χ0v) is 12.0. The number of hydrogen-bond donors (Lipinski definition) is 2. The second-order valence-corrected chi connectivity index (χ2v) is 5.78. The summed E-state index contributed by atoms with van der Waals surface area (Å²) in [6.07, 6.45) is 1.67. The molecule has 1 atom stereocenters. The SMILES string of the molecule is Cc1c(Br)c2cc(C(O)CN)cc3c2n1CCC3. The van der Waals surface area contributed by atoms with Crippen molar-refractivity contribution in [3.05, 3.63) is 33.4 Å². The van der Waals surface area contributed by atoms with Crippen LogP contribution >= 0.6 is 15.9 Å². The fourth-order valence-corrected chi connectivity index (χ4v) is 3.43. The van der Waals surface area contributed by atoms with Gasteiger partial charge < -0.3 is 15.4 Å². The van der Waals surface area contributed by atoms with Crippen LogP contribution in [0.1, 0.15) is 29.3 Å². The van der Waals surface area contributed by atoms with Crippen molar-refractivity contribution in [3.63, 3.8) is 0 Å². The Morgan fingerprint density at radius 2 is 2.28 bits per heavy atom. The molecule has 4 heteroatoms. The number of hydrogen-bond acceptors (Lipinski definition) is 2. The van der Waals surface area contributed by atoms with Crippen LogP contribution in [-0.4, -0.2) is 16.2 Å². The number of benzene rings is 1. The zero-order chi connectivity index (χ0) is 12.9. The predicted molar refractivity (Wildman–Crippen MR) is 76.7 cm³/mol. The van der Waals surface area contributed by atoms with Gasteiger partial charge in [0.1, 0.15) is 0 Å². The number of rotatable bonds is 2. The average Bonchev–Trinajstić information content (AvgIpc) is 2.65. The third kappa shape index (κ3) is 1.63. The summed E-state index contributed by atoms with van der Waals surface area (Å²) in [5, 5.41) is 11.1. The molecule has 0 radical (unpaired) electrons. The molecule has 1 aromatic carbocycles. The first-order chi connectivity index (χ1) is 8.63. The van der Waals surface area contributed by atoms with E-state index < -0.39 is 6.10 Å². The highest BCUT2D eigenvalue weighted by molar-refractivity contribution is 9.10.